The summed E-state index contributed by atoms with van der Waals surface area (Å²) in [7, 11) is 0. The van der Waals surface area contributed by atoms with Crippen molar-refractivity contribution in [3.05, 3.63) is 54.4 Å². The van der Waals surface area contributed by atoms with E-state index in [2.05, 4.69) is 58.9 Å². The zero-order valence-corrected chi connectivity index (χ0v) is 16.5. The summed E-state index contributed by atoms with van der Waals surface area (Å²) in [5.74, 6) is 6.47. The van der Waals surface area contributed by atoms with Crippen LogP contribution in [0.3, 0.4) is 0 Å². The molecular formula is C22H29N5O. The molecule has 1 aliphatic rings. The van der Waals surface area contributed by atoms with E-state index in [0.29, 0.717) is 0 Å². The summed E-state index contributed by atoms with van der Waals surface area (Å²) in [6.07, 6.45) is 2.43. The van der Waals surface area contributed by atoms with E-state index in [1.165, 1.54) is 21.8 Å². The lowest BCUT2D eigenvalue weighted by Gasteiger charge is -2.28. The van der Waals surface area contributed by atoms with Crippen LogP contribution in [0.2, 0.25) is 0 Å². The molecule has 1 fully saturated rings. The van der Waals surface area contributed by atoms with Gasteiger partial charge in [0, 0.05) is 60.6 Å². The lowest BCUT2D eigenvalue weighted by Crippen LogP contribution is -2.38. The van der Waals surface area contributed by atoms with Crippen LogP contribution in [0, 0.1) is 0 Å². The average molecular weight is 380 g/mol. The molecule has 0 radical (unpaired) electrons. The second-order valence-electron chi connectivity index (χ2n) is 7.19. The third-order valence-corrected chi connectivity index (χ3v) is 5.64. The topological polar surface area (TPSA) is 72.7 Å². The number of hydrogen-bond donors (Lipinski definition) is 2. The quantitative estimate of drug-likeness (QED) is 0.509. The third kappa shape index (κ3) is 3.46. The first-order valence-electron chi connectivity index (χ1n) is 9.99. The van der Waals surface area contributed by atoms with E-state index in [4.69, 9.17) is 16.3 Å². The zero-order chi connectivity index (χ0) is 19.5. The molecule has 0 atom stereocenters. The van der Waals surface area contributed by atoms with Gasteiger partial charge >= 0.3 is 0 Å². The van der Waals surface area contributed by atoms with Crippen LogP contribution in [0.25, 0.3) is 21.8 Å². The lowest BCUT2D eigenvalue weighted by atomic mass is 10.1. The molecule has 3 aromatic rings. The van der Waals surface area contributed by atoms with Gasteiger partial charge in [-0.15, -0.1) is 0 Å². The molecule has 0 unspecified atom stereocenters. The number of anilines is 1. The number of rotatable bonds is 6. The van der Waals surface area contributed by atoms with Gasteiger partial charge in [0.2, 0.25) is 0 Å². The summed E-state index contributed by atoms with van der Waals surface area (Å²) in [5.41, 5.74) is 10.3. The first-order valence-corrected chi connectivity index (χ1v) is 9.99. The van der Waals surface area contributed by atoms with Crippen molar-refractivity contribution in [1.82, 2.24) is 9.47 Å². The van der Waals surface area contributed by atoms with Crippen LogP contribution in [0.5, 0.6) is 0 Å². The molecule has 2 aromatic carbocycles. The molecule has 0 saturated carbocycles. The van der Waals surface area contributed by atoms with Gasteiger partial charge in [-0.2, -0.15) is 0 Å². The summed E-state index contributed by atoms with van der Waals surface area (Å²) < 4.78 is 7.76. The van der Waals surface area contributed by atoms with E-state index >= 15 is 0 Å². The average Bonchev–Trinajstić information content (AvgIpc) is 3.07. The van der Waals surface area contributed by atoms with Crippen LogP contribution in [0.4, 0.5) is 5.69 Å². The number of hydrazine groups is 1. The van der Waals surface area contributed by atoms with E-state index in [9.17, 15) is 0 Å². The second-order valence-corrected chi connectivity index (χ2v) is 7.19. The molecule has 148 valence electrons. The number of aromatic nitrogens is 1. The minimum atomic E-state index is 0.798. The van der Waals surface area contributed by atoms with Gasteiger partial charge in [-0.05, 0) is 31.2 Å². The summed E-state index contributed by atoms with van der Waals surface area (Å²) in [6, 6.07) is 14.9. The molecule has 0 amide bonds. The summed E-state index contributed by atoms with van der Waals surface area (Å²) in [5, 5.41) is 4.19. The van der Waals surface area contributed by atoms with Crippen molar-refractivity contribution in [3.63, 3.8) is 0 Å². The van der Waals surface area contributed by atoms with Crippen LogP contribution in [-0.4, -0.2) is 42.3 Å². The molecule has 4 rings (SSSR count). The standard InChI is InChI=1S/C22H29N5O/c1-2-26-21-6-4-3-5-19(21)20-15-17(7-8-22(20)26)27(24)18(16-23)9-10-25-11-13-28-14-12-25/h3-8,15-16H,2,9-14,23-24H2,1H3/b18-16-. The van der Waals surface area contributed by atoms with E-state index in [-0.39, 0.29) is 0 Å². The van der Waals surface area contributed by atoms with Crippen molar-refractivity contribution in [2.45, 2.75) is 19.9 Å². The molecule has 1 aromatic heterocycles. The number of benzene rings is 2. The largest absolute Gasteiger partial charge is 0.403 e. The molecule has 0 bridgehead atoms. The number of hydrogen-bond acceptors (Lipinski definition) is 5. The highest BCUT2D eigenvalue weighted by molar-refractivity contribution is 6.09. The van der Waals surface area contributed by atoms with E-state index in [0.717, 1.165) is 57.2 Å². The van der Waals surface area contributed by atoms with Crippen LogP contribution in [-0.2, 0) is 11.3 Å². The highest BCUT2D eigenvalue weighted by Crippen LogP contribution is 2.32. The van der Waals surface area contributed by atoms with E-state index in [1.54, 1.807) is 11.2 Å². The SMILES string of the molecule is CCn1c2ccccc2c2cc(N(N)/C(=C\N)CCN3CCOCC3)ccc21. The summed E-state index contributed by atoms with van der Waals surface area (Å²) in [4.78, 5) is 2.39. The fourth-order valence-electron chi connectivity index (χ4n) is 4.08. The summed E-state index contributed by atoms with van der Waals surface area (Å²) >= 11 is 0. The Bertz CT molecular complexity index is 987. The van der Waals surface area contributed by atoms with Gasteiger partial charge in [0.15, 0.2) is 0 Å². The normalized spacial score (nSPS) is 16.1. The van der Waals surface area contributed by atoms with Crippen molar-refractivity contribution < 1.29 is 4.74 Å². The van der Waals surface area contributed by atoms with Crippen molar-refractivity contribution >= 4 is 27.5 Å². The minimum absolute atomic E-state index is 0.798. The molecule has 28 heavy (non-hydrogen) atoms. The van der Waals surface area contributed by atoms with Gasteiger partial charge in [0.25, 0.3) is 0 Å². The molecule has 2 heterocycles. The predicted octanol–water partition coefficient (Wildman–Crippen LogP) is 3.02. The molecule has 1 aliphatic heterocycles. The van der Waals surface area contributed by atoms with Crippen LogP contribution in [0.1, 0.15) is 13.3 Å². The predicted molar refractivity (Wildman–Crippen MR) is 116 cm³/mol. The maximum Gasteiger partial charge on any atom is 0.0594 e. The summed E-state index contributed by atoms with van der Waals surface area (Å²) in [6.45, 7) is 7.56. The molecule has 6 heteroatoms. The maximum atomic E-state index is 6.47. The first-order chi connectivity index (χ1) is 13.7. The monoisotopic (exact) mass is 379 g/mol. The maximum absolute atomic E-state index is 6.47. The second kappa shape index (κ2) is 8.22. The van der Waals surface area contributed by atoms with Crippen molar-refractivity contribution in [3.8, 4) is 0 Å². The number of nitrogens with two attached hydrogens (primary N) is 2. The fraction of sp³-hybridized carbons (Fsp3) is 0.364. The molecule has 1 saturated heterocycles. The van der Waals surface area contributed by atoms with Crippen LogP contribution >= 0.6 is 0 Å². The number of fused-ring (bicyclic) bond motifs is 3. The van der Waals surface area contributed by atoms with Gasteiger partial charge in [-0.1, -0.05) is 18.2 Å². The number of morpholine rings is 1. The van der Waals surface area contributed by atoms with E-state index < -0.39 is 0 Å². The van der Waals surface area contributed by atoms with Crippen molar-refractivity contribution in [2.24, 2.45) is 11.6 Å². The van der Waals surface area contributed by atoms with Crippen molar-refractivity contribution in [2.75, 3.05) is 37.9 Å². The number of aryl methyl sites for hydroxylation is 1. The number of para-hydroxylation sites is 1. The van der Waals surface area contributed by atoms with Gasteiger partial charge < -0.3 is 15.0 Å². The zero-order valence-electron chi connectivity index (χ0n) is 16.5. The third-order valence-electron chi connectivity index (χ3n) is 5.64. The van der Waals surface area contributed by atoms with Crippen LogP contribution in [0.15, 0.2) is 54.4 Å². The highest BCUT2D eigenvalue weighted by atomic mass is 16.5. The fourth-order valence-corrected chi connectivity index (χ4v) is 4.08. The van der Waals surface area contributed by atoms with Gasteiger partial charge in [-0.25, -0.2) is 5.84 Å². The molecule has 6 nitrogen and oxygen atoms in total. The minimum Gasteiger partial charge on any atom is -0.403 e. The Hall–Kier alpha value is -2.54. The Morgan fingerprint density at radius 2 is 1.86 bits per heavy atom. The Labute approximate surface area is 165 Å². The Morgan fingerprint density at radius 3 is 2.61 bits per heavy atom. The van der Waals surface area contributed by atoms with Gasteiger partial charge in [0.05, 0.1) is 24.6 Å². The smallest absolute Gasteiger partial charge is 0.0594 e. The molecule has 0 aliphatic carbocycles. The molecule has 0 spiro atoms. The highest BCUT2D eigenvalue weighted by Gasteiger charge is 2.15. The Morgan fingerprint density at radius 1 is 1.11 bits per heavy atom. The van der Waals surface area contributed by atoms with Gasteiger partial charge in [0.1, 0.15) is 0 Å². The Balaban J connectivity index is 1.61. The number of ether oxygens (including phenoxy) is 1. The number of nitrogens with zero attached hydrogens (tertiary/aromatic N) is 3. The lowest BCUT2D eigenvalue weighted by molar-refractivity contribution is 0.0384. The first kappa shape index (κ1) is 18.8. The Kier molecular flexibility index (Phi) is 5.52. The molecular weight excluding hydrogens is 350 g/mol. The van der Waals surface area contributed by atoms with Crippen molar-refractivity contribution in [1.29, 1.82) is 0 Å². The van der Waals surface area contributed by atoms with E-state index in [1.807, 2.05) is 0 Å². The van der Waals surface area contributed by atoms with Crippen LogP contribution < -0.4 is 16.6 Å². The molecule has 4 N–H and O–H groups in total. The van der Waals surface area contributed by atoms with Gasteiger partial charge in [-0.3, -0.25) is 9.91 Å².